The smallest absolute Gasteiger partial charge is 0.488 e. The van der Waals surface area contributed by atoms with Crippen molar-refractivity contribution in [3.63, 3.8) is 0 Å². The zero-order valence-corrected chi connectivity index (χ0v) is 72.1. The molecule has 3 rings (SSSR count). The van der Waals surface area contributed by atoms with E-state index in [-0.39, 0.29) is 169 Å². The number of primary amides is 1. The molecule has 0 unspecified atom stereocenters. The van der Waals surface area contributed by atoms with E-state index in [1.165, 1.54) is 72.8 Å². The molecule has 41 heteroatoms. The summed E-state index contributed by atoms with van der Waals surface area (Å²) in [4.78, 5) is 185. The Morgan fingerprint density at radius 3 is 0.839 bits per heavy atom. The van der Waals surface area contributed by atoms with Crippen LogP contribution in [-0.2, 0) is 59.2 Å². The molecule has 0 saturated heterocycles. The van der Waals surface area contributed by atoms with Crippen molar-refractivity contribution in [3.05, 3.63) is 89.5 Å². The molecular formula is C83H141B2N21O18. The van der Waals surface area contributed by atoms with Gasteiger partial charge in [0.05, 0.1) is 12.1 Å². The number of amides is 13. The quantitative estimate of drug-likeness (QED) is 0.0186. The van der Waals surface area contributed by atoms with Crippen LogP contribution < -0.4 is 126 Å². The fraction of sp³-hybridized carbons (Fsp3) is 0.627. The highest BCUT2D eigenvalue weighted by Gasteiger charge is 2.36. The van der Waals surface area contributed by atoms with E-state index in [0.29, 0.717) is 115 Å². The van der Waals surface area contributed by atoms with Crippen LogP contribution in [0.25, 0.3) is 0 Å². The number of nitrogens with two attached hydrogens (primary N) is 9. The van der Waals surface area contributed by atoms with Crippen molar-refractivity contribution < 1.29 is 87.5 Å². The van der Waals surface area contributed by atoms with Gasteiger partial charge in [0.2, 0.25) is 65.0 Å². The third kappa shape index (κ3) is 43.7. The maximum atomic E-state index is 15.3. The topological polar surface area (TPSA) is 702 Å². The molecule has 13 amide bonds. The Morgan fingerprint density at radius 2 is 0.556 bits per heavy atom. The van der Waals surface area contributed by atoms with E-state index in [9.17, 15) is 68.4 Å². The first-order valence-electron chi connectivity index (χ1n) is 43.6. The molecule has 124 heavy (non-hydrogen) atoms. The summed E-state index contributed by atoms with van der Waals surface area (Å²) in [7, 11) is -3.55. The Balaban J connectivity index is 2.16. The first kappa shape index (κ1) is 108. The third-order valence-corrected chi connectivity index (χ3v) is 20.8. The minimum absolute atomic E-state index is 0.00850. The van der Waals surface area contributed by atoms with Crippen LogP contribution in [0.1, 0.15) is 220 Å². The van der Waals surface area contributed by atoms with Crippen LogP contribution in [0, 0.1) is 5.92 Å². The van der Waals surface area contributed by atoms with Gasteiger partial charge < -0.3 is 141 Å². The lowest BCUT2D eigenvalue weighted by Crippen LogP contribution is -2.60. The maximum Gasteiger partial charge on any atom is 0.488 e. The molecule has 0 heterocycles. The standard InChI is InChI=1S/C83H141B2N21O18/c1-53(2)51-70(83(120)104-66(27-9-18-48-95-72(109)55-32-36-57(37-33-55)84(121)122)80(117)102-67(81(118)105-69(71(94)108)52-54-30-40-59(107)41-31-54)28-10-19-49-96-73(110)56-34-38-58(39-35-56)85(123)124)106-82(119)68(103-79(116)65(26-8-17-47-91)101-78(115)64(25-7-16-46-90)99-75(112)61(93)22-4-13-43-87)29-11-20-50-97-76(113)62(23-5-14-44-88)100-77(114)63(24-6-15-45-89)98-74(111)60(92)21-3-12-42-86/h30-41,53,60-70,107,121-124H,3-29,42-52,86-93H2,1-2H3,(H2,94,108)(H,95,109)(H,96,110)(H,97,113)(H,98,111)(H,99,112)(H,100,114)(H,101,115)(H,102,117)(H,103,116)(H,104,120)(H,105,118)(H,106,119)/t60-,61-,62-,63-,64-,65-,66-,67-,68-,69-,70-/m0/s1. The average Bonchev–Trinajstić information content (AvgIpc) is 0.850. The number of phenolic OH excluding ortho intramolecular Hbond substituents is 1. The van der Waals surface area contributed by atoms with Crippen molar-refractivity contribution in [2.24, 2.45) is 57.5 Å². The van der Waals surface area contributed by atoms with Crippen LogP contribution in [0.3, 0.4) is 0 Å². The van der Waals surface area contributed by atoms with E-state index in [1.54, 1.807) is 13.8 Å². The predicted octanol–water partition coefficient (Wildman–Crippen LogP) is -4.90. The van der Waals surface area contributed by atoms with Gasteiger partial charge in [0.25, 0.3) is 11.8 Å². The van der Waals surface area contributed by atoms with Crippen LogP contribution >= 0.6 is 0 Å². The number of carbonyl (C=O) groups excluding carboxylic acids is 13. The van der Waals surface area contributed by atoms with Gasteiger partial charge in [-0.25, -0.2) is 0 Å². The zero-order valence-electron chi connectivity index (χ0n) is 72.1. The lowest BCUT2D eigenvalue weighted by Gasteiger charge is -2.29. The fourth-order valence-corrected chi connectivity index (χ4v) is 13.4. The van der Waals surface area contributed by atoms with Crippen molar-refractivity contribution in [2.45, 2.75) is 267 Å². The molecule has 0 fully saturated rings. The van der Waals surface area contributed by atoms with Crippen molar-refractivity contribution in [1.82, 2.24) is 63.8 Å². The summed E-state index contributed by atoms with van der Waals surface area (Å²) < 4.78 is 0. The van der Waals surface area contributed by atoms with E-state index in [2.05, 4.69) is 63.8 Å². The van der Waals surface area contributed by atoms with Crippen LogP contribution in [0.15, 0.2) is 72.8 Å². The SMILES string of the molecule is CC(C)C[C@H](NC(=O)[C@H](CCCCNC(=O)[C@H](CCCCN)NC(=O)[C@H](CCCCN)NC(=O)[C@@H](N)CCCCN)NC(=O)[C@H](CCCCN)NC(=O)[C@H](CCCCN)NC(=O)[C@@H](N)CCCCN)C(=O)N[C@@H](CCCCNC(=O)c1ccc(B(O)O)cc1)C(=O)N[C@@H](CCCCNC(=O)c1ccc(B(O)O)cc1)C(=O)N[C@@H](Cc1ccc(O)cc1)C(N)=O. The van der Waals surface area contributed by atoms with Gasteiger partial charge in [0.15, 0.2) is 0 Å². The van der Waals surface area contributed by atoms with E-state index < -0.39 is 157 Å². The Bertz CT molecular complexity index is 3710. The first-order chi connectivity index (χ1) is 59.3. The number of phenols is 1. The van der Waals surface area contributed by atoms with E-state index >= 15 is 19.2 Å². The average molecular weight is 1740 g/mol. The second kappa shape index (κ2) is 62.4. The Kier molecular flexibility index (Phi) is 54.5. The summed E-state index contributed by atoms with van der Waals surface area (Å²) in [6.07, 6.45) is 7.15. The number of carbonyl (C=O) groups is 13. The molecule has 0 aliphatic heterocycles. The van der Waals surface area contributed by atoms with Crippen LogP contribution in [0.4, 0.5) is 0 Å². The predicted molar refractivity (Wildman–Crippen MR) is 473 cm³/mol. The van der Waals surface area contributed by atoms with E-state index in [1.807, 2.05) is 0 Å². The molecular weight excluding hydrogens is 1600 g/mol. The minimum atomic E-state index is -1.78. The first-order valence-corrected chi connectivity index (χ1v) is 43.6. The molecule has 0 saturated carbocycles. The van der Waals surface area contributed by atoms with Gasteiger partial charge in [-0.3, -0.25) is 62.3 Å². The Labute approximate surface area is 728 Å². The third-order valence-electron chi connectivity index (χ3n) is 20.8. The van der Waals surface area contributed by atoms with Gasteiger partial charge in [-0.1, -0.05) is 63.1 Å². The number of nitrogens with one attached hydrogen (secondary N) is 12. The minimum Gasteiger partial charge on any atom is -0.508 e. The molecule has 3 aromatic rings. The summed E-state index contributed by atoms with van der Waals surface area (Å²) >= 11 is 0. The summed E-state index contributed by atoms with van der Waals surface area (Å²) in [6, 6.07) is 2.83. The molecule has 3 aromatic carbocycles. The molecule has 0 bridgehead atoms. The molecule has 0 radical (unpaired) electrons. The van der Waals surface area contributed by atoms with Crippen molar-refractivity contribution >= 4 is 102 Å². The number of hydrogen-bond donors (Lipinski definition) is 26. The number of benzene rings is 3. The van der Waals surface area contributed by atoms with Crippen LogP contribution in [0.5, 0.6) is 5.75 Å². The fourth-order valence-electron chi connectivity index (χ4n) is 13.4. The Morgan fingerprint density at radius 1 is 0.306 bits per heavy atom. The second-order valence-corrected chi connectivity index (χ2v) is 31.7. The van der Waals surface area contributed by atoms with Gasteiger partial charge in [-0.2, -0.15) is 0 Å². The Hall–Kier alpha value is -9.78. The largest absolute Gasteiger partial charge is 0.508 e. The molecule has 0 aromatic heterocycles. The summed E-state index contributed by atoms with van der Waals surface area (Å²) in [5.74, 6) is -9.98. The number of aromatic hydroxyl groups is 1. The van der Waals surface area contributed by atoms with Crippen LogP contribution in [0.2, 0.25) is 0 Å². The van der Waals surface area contributed by atoms with Crippen molar-refractivity contribution in [3.8, 4) is 5.75 Å². The highest BCUT2D eigenvalue weighted by Crippen LogP contribution is 2.17. The molecule has 692 valence electrons. The second-order valence-electron chi connectivity index (χ2n) is 31.7. The lowest BCUT2D eigenvalue weighted by molar-refractivity contribution is -0.136. The summed E-state index contributed by atoms with van der Waals surface area (Å²) in [6.45, 7) is 5.45. The van der Waals surface area contributed by atoms with Crippen molar-refractivity contribution in [2.75, 3.05) is 58.9 Å². The molecule has 0 aliphatic carbocycles. The highest BCUT2D eigenvalue weighted by atomic mass is 16.4. The molecule has 0 spiro atoms. The van der Waals surface area contributed by atoms with E-state index in [4.69, 9.17) is 51.6 Å². The molecule has 39 nitrogen and oxygen atoms in total. The lowest BCUT2D eigenvalue weighted by atomic mass is 9.80. The molecule has 0 aliphatic rings. The normalized spacial score (nSPS) is 13.9. The number of rotatable bonds is 67. The zero-order chi connectivity index (χ0) is 91.9. The summed E-state index contributed by atoms with van der Waals surface area (Å²) in [5, 5.41) is 81.6. The van der Waals surface area contributed by atoms with Gasteiger partial charge in [-0.05, 0) is 265 Å². The van der Waals surface area contributed by atoms with E-state index in [0.717, 1.165) is 0 Å². The number of unbranched alkanes of at least 4 members (excludes halogenated alkanes) is 9. The number of hydrogen-bond acceptors (Lipinski definition) is 26. The van der Waals surface area contributed by atoms with Gasteiger partial charge in [0.1, 0.15) is 60.1 Å². The molecule has 35 N–H and O–H groups in total. The molecule has 11 atom stereocenters. The van der Waals surface area contributed by atoms with Gasteiger partial charge in [0, 0.05) is 37.2 Å². The van der Waals surface area contributed by atoms with Gasteiger partial charge >= 0.3 is 14.2 Å². The maximum absolute atomic E-state index is 15.3. The summed E-state index contributed by atoms with van der Waals surface area (Å²) in [5.41, 5.74) is 54.3. The van der Waals surface area contributed by atoms with Crippen molar-refractivity contribution in [1.29, 1.82) is 0 Å². The monoisotopic (exact) mass is 1740 g/mol. The van der Waals surface area contributed by atoms with Crippen LogP contribution in [-0.4, -0.2) is 242 Å². The van der Waals surface area contributed by atoms with Gasteiger partial charge in [-0.15, -0.1) is 0 Å². The highest BCUT2D eigenvalue weighted by molar-refractivity contribution is 6.59.